The predicted octanol–water partition coefficient (Wildman–Crippen LogP) is -0.792. The van der Waals surface area contributed by atoms with Gasteiger partial charge in [-0.1, -0.05) is 40.5 Å². The monoisotopic (exact) mass is 358 g/mol. The lowest BCUT2D eigenvalue weighted by molar-refractivity contribution is -0.139. The van der Waals surface area contributed by atoms with Gasteiger partial charge in [0, 0.05) is 0 Å². The molecule has 4 unspecified atom stereocenters. The van der Waals surface area contributed by atoms with Gasteiger partial charge in [-0.3, -0.25) is 19.2 Å². The molecule has 0 aliphatic rings. The molecule has 25 heavy (non-hydrogen) atoms. The van der Waals surface area contributed by atoms with E-state index in [-0.39, 0.29) is 18.4 Å². The zero-order valence-electron chi connectivity index (χ0n) is 15.3. The molecule has 3 amide bonds. The van der Waals surface area contributed by atoms with Gasteiger partial charge in [0.2, 0.25) is 17.7 Å². The van der Waals surface area contributed by atoms with Crippen LogP contribution in [-0.4, -0.2) is 54.0 Å². The fourth-order valence-corrected chi connectivity index (χ4v) is 2.15. The first kappa shape index (κ1) is 22.8. The summed E-state index contributed by atoms with van der Waals surface area (Å²) in [6, 6.07) is -1.71. The van der Waals surface area contributed by atoms with Gasteiger partial charge in [-0.15, -0.1) is 0 Å². The molecule has 144 valence electrons. The van der Waals surface area contributed by atoms with Gasteiger partial charge >= 0.3 is 5.97 Å². The molecule has 0 rings (SSSR count). The molecule has 0 saturated heterocycles. The minimum absolute atomic E-state index is 0.157. The second-order valence-electron chi connectivity index (χ2n) is 6.12. The lowest BCUT2D eigenvalue weighted by Crippen LogP contribution is -2.58. The first-order chi connectivity index (χ1) is 11.7. The van der Waals surface area contributed by atoms with E-state index in [1.54, 1.807) is 6.92 Å². The summed E-state index contributed by atoms with van der Waals surface area (Å²) < 4.78 is 0. The minimum Gasteiger partial charge on any atom is -0.480 e. The number of carboxylic acids is 1. The van der Waals surface area contributed by atoms with E-state index in [1.807, 2.05) is 20.8 Å². The van der Waals surface area contributed by atoms with Gasteiger partial charge in [0.1, 0.15) is 18.6 Å². The summed E-state index contributed by atoms with van der Waals surface area (Å²) >= 11 is 0. The van der Waals surface area contributed by atoms with Crippen LogP contribution in [0.5, 0.6) is 0 Å². The van der Waals surface area contributed by atoms with E-state index in [2.05, 4.69) is 16.0 Å². The highest BCUT2D eigenvalue weighted by Gasteiger charge is 2.31. The molecule has 0 heterocycles. The Morgan fingerprint density at radius 3 is 1.80 bits per heavy atom. The smallest absolute Gasteiger partial charge is 0.322 e. The largest absolute Gasteiger partial charge is 0.480 e. The van der Waals surface area contributed by atoms with E-state index < -0.39 is 42.3 Å². The summed E-state index contributed by atoms with van der Waals surface area (Å²) in [7, 11) is 0. The molecule has 0 bridgehead atoms. The van der Waals surface area contributed by atoms with Crippen molar-refractivity contribution >= 4 is 23.7 Å². The van der Waals surface area contributed by atoms with E-state index in [0.29, 0.717) is 12.8 Å². The zero-order chi connectivity index (χ0) is 19.6. The molecule has 0 aromatic carbocycles. The molecule has 0 saturated carbocycles. The molecular weight excluding hydrogens is 328 g/mol. The molecule has 4 atom stereocenters. The van der Waals surface area contributed by atoms with Crippen LogP contribution in [0.15, 0.2) is 0 Å². The van der Waals surface area contributed by atoms with Crippen LogP contribution in [0.25, 0.3) is 0 Å². The number of carbonyl (C=O) groups is 4. The van der Waals surface area contributed by atoms with Gasteiger partial charge in [-0.25, -0.2) is 0 Å². The summed E-state index contributed by atoms with van der Waals surface area (Å²) in [5.74, 6) is -3.06. The summed E-state index contributed by atoms with van der Waals surface area (Å²) in [6.45, 7) is 6.56. The Bertz CT molecular complexity index is 483. The summed E-state index contributed by atoms with van der Waals surface area (Å²) in [6.07, 6.45) is 1.25. The highest BCUT2D eigenvalue weighted by atomic mass is 16.4. The van der Waals surface area contributed by atoms with Crippen molar-refractivity contribution in [3.05, 3.63) is 0 Å². The van der Waals surface area contributed by atoms with E-state index >= 15 is 0 Å². The average Bonchev–Trinajstić information content (AvgIpc) is 2.60. The Kier molecular flexibility index (Phi) is 10.4. The quantitative estimate of drug-likeness (QED) is 0.326. The first-order valence-electron chi connectivity index (χ1n) is 8.47. The van der Waals surface area contributed by atoms with E-state index in [1.165, 1.54) is 0 Å². The second kappa shape index (κ2) is 11.4. The zero-order valence-corrected chi connectivity index (χ0v) is 15.3. The van der Waals surface area contributed by atoms with Crippen LogP contribution < -0.4 is 21.7 Å². The third-order valence-electron chi connectivity index (χ3n) is 4.20. The third kappa shape index (κ3) is 7.97. The number of nitrogens with two attached hydrogens (primary N) is 1. The fraction of sp³-hybridized carbons (Fsp3) is 0.750. The number of aliphatic carboxylic acids is 1. The third-order valence-corrected chi connectivity index (χ3v) is 4.20. The standard InChI is InChI=1S/C16H30N4O5/c1-5-9(3)13(15(24)18-8-12(22)23)20-16(25)14(10(4)6-2)19-11(21)7-17/h9-10,13-14H,5-8,17H2,1-4H3,(H,18,24)(H,19,21)(H,20,25)(H,22,23). The normalized spacial score (nSPS) is 15.4. The van der Waals surface area contributed by atoms with Crippen molar-refractivity contribution in [2.75, 3.05) is 13.1 Å². The Morgan fingerprint density at radius 2 is 1.40 bits per heavy atom. The molecule has 0 aliphatic heterocycles. The van der Waals surface area contributed by atoms with Crippen LogP contribution >= 0.6 is 0 Å². The fourth-order valence-electron chi connectivity index (χ4n) is 2.15. The number of hydrogen-bond donors (Lipinski definition) is 5. The second-order valence-corrected chi connectivity index (χ2v) is 6.12. The molecule has 0 aromatic heterocycles. The molecule has 9 heteroatoms. The van der Waals surface area contributed by atoms with Gasteiger partial charge in [-0.2, -0.15) is 0 Å². The van der Waals surface area contributed by atoms with Crippen molar-refractivity contribution < 1.29 is 24.3 Å². The highest BCUT2D eigenvalue weighted by Crippen LogP contribution is 2.12. The predicted molar refractivity (Wildman–Crippen MR) is 92.5 cm³/mol. The van der Waals surface area contributed by atoms with Crippen molar-refractivity contribution in [1.82, 2.24) is 16.0 Å². The van der Waals surface area contributed by atoms with Gasteiger partial charge < -0.3 is 26.8 Å². The van der Waals surface area contributed by atoms with Gasteiger partial charge in [0.25, 0.3) is 0 Å². The number of rotatable bonds is 11. The Morgan fingerprint density at radius 1 is 0.920 bits per heavy atom. The van der Waals surface area contributed by atoms with Crippen LogP contribution in [0, 0.1) is 11.8 Å². The SMILES string of the molecule is CCC(C)C(NC(=O)CN)C(=O)NC(C(=O)NCC(=O)O)C(C)CC. The highest BCUT2D eigenvalue weighted by molar-refractivity contribution is 5.93. The molecule has 6 N–H and O–H groups in total. The molecule has 0 aliphatic carbocycles. The Hall–Kier alpha value is -2.16. The molecule has 9 nitrogen and oxygen atoms in total. The topological polar surface area (TPSA) is 151 Å². The van der Waals surface area contributed by atoms with Gasteiger partial charge in [0.15, 0.2) is 0 Å². The van der Waals surface area contributed by atoms with Crippen LogP contribution in [0.4, 0.5) is 0 Å². The number of carboxylic acid groups (broad SMARTS) is 1. The molecule has 0 spiro atoms. The van der Waals surface area contributed by atoms with Crippen LogP contribution in [-0.2, 0) is 19.2 Å². The minimum atomic E-state index is -1.17. The van der Waals surface area contributed by atoms with E-state index in [0.717, 1.165) is 0 Å². The number of carbonyl (C=O) groups excluding carboxylic acids is 3. The van der Waals surface area contributed by atoms with Crippen LogP contribution in [0.2, 0.25) is 0 Å². The number of hydrogen-bond acceptors (Lipinski definition) is 5. The number of amides is 3. The van der Waals surface area contributed by atoms with Crippen molar-refractivity contribution in [3.63, 3.8) is 0 Å². The number of nitrogens with one attached hydrogen (secondary N) is 3. The molecule has 0 aromatic rings. The maximum Gasteiger partial charge on any atom is 0.322 e. The molecular formula is C16H30N4O5. The average molecular weight is 358 g/mol. The molecule has 0 fully saturated rings. The maximum absolute atomic E-state index is 12.6. The summed E-state index contributed by atoms with van der Waals surface area (Å²) in [5.41, 5.74) is 5.29. The lowest BCUT2D eigenvalue weighted by Gasteiger charge is -2.28. The van der Waals surface area contributed by atoms with Crippen molar-refractivity contribution in [2.45, 2.75) is 52.6 Å². The summed E-state index contributed by atoms with van der Waals surface area (Å²) in [4.78, 5) is 47.0. The van der Waals surface area contributed by atoms with E-state index in [9.17, 15) is 19.2 Å². The summed E-state index contributed by atoms with van der Waals surface area (Å²) in [5, 5.41) is 16.2. The first-order valence-corrected chi connectivity index (χ1v) is 8.47. The van der Waals surface area contributed by atoms with Gasteiger partial charge in [0.05, 0.1) is 6.54 Å². The molecule has 0 radical (unpaired) electrons. The van der Waals surface area contributed by atoms with Crippen molar-refractivity contribution in [3.8, 4) is 0 Å². The van der Waals surface area contributed by atoms with E-state index in [4.69, 9.17) is 10.8 Å². The Balaban J connectivity index is 5.20. The van der Waals surface area contributed by atoms with Crippen LogP contribution in [0.1, 0.15) is 40.5 Å². The van der Waals surface area contributed by atoms with Gasteiger partial charge in [-0.05, 0) is 11.8 Å². The lowest BCUT2D eigenvalue weighted by atomic mass is 9.95. The maximum atomic E-state index is 12.6. The van der Waals surface area contributed by atoms with Crippen LogP contribution in [0.3, 0.4) is 0 Å². The Labute approximate surface area is 148 Å². The van der Waals surface area contributed by atoms with Crippen molar-refractivity contribution in [1.29, 1.82) is 0 Å². The van der Waals surface area contributed by atoms with Crippen molar-refractivity contribution in [2.24, 2.45) is 17.6 Å².